The van der Waals surface area contributed by atoms with Crippen LogP contribution >= 0.6 is 0 Å². The summed E-state index contributed by atoms with van der Waals surface area (Å²) in [5.74, 6) is 0.303. The molecular weight excluding hydrogens is 154 g/mol. The van der Waals surface area contributed by atoms with E-state index in [-0.39, 0.29) is 6.23 Å². The van der Waals surface area contributed by atoms with Gasteiger partial charge in [0.05, 0.1) is 0 Å². The van der Waals surface area contributed by atoms with Gasteiger partial charge < -0.3 is 15.2 Å². The van der Waals surface area contributed by atoms with Crippen molar-refractivity contribution < 1.29 is 15.2 Å². The van der Waals surface area contributed by atoms with Crippen LogP contribution < -0.4 is 5.32 Å². The molecule has 0 saturated carbocycles. The first-order chi connectivity index (χ1) is 5.86. The molecule has 0 amide bonds. The molecule has 0 bridgehead atoms. The van der Waals surface area contributed by atoms with Crippen molar-refractivity contribution in [1.29, 1.82) is 0 Å². The summed E-state index contributed by atoms with van der Waals surface area (Å²) in [4.78, 5) is 0. The molecule has 3 nitrogen and oxygen atoms in total. The quantitative estimate of drug-likeness (QED) is 0.616. The maximum absolute atomic E-state index is 9.05. The molecule has 3 heteroatoms. The summed E-state index contributed by atoms with van der Waals surface area (Å²) in [7, 11) is 0. The molecule has 1 heterocycles. The Balaban J connectivity index is 2.17. The predicted octanol–water partition coefficient (Wildman–Crippen LogP) is -0.0156. The molecule has 12 heavy (non-hydrogen) atoms. The predicted molar refractivity (Wildman–Crippen MR) is 43.6 cm³/mol. The van der Waals surface area contributed by atoms with Crippen LogP contribution in [0.25, 0.3) is 0 Å². The Morgan fingerprint density at radius 3 is 2.67 bits per heavy atom. The minimum Gasteiger partial charge on any atom is -0.508 e. The summed E-state index contributed by atoms with van der Waals surface area (Å²) < 4.78 is 5.44. The third-order valence-electron chi connectivity index (χ3n) is 2.02. The number of hydrogen-bond acceptors (Lipinski definition) is 2. The van der Waals surface area contributed by atoms with Crippen molar-refractivity contribution in [3.8, 4) is 5.75 Å². The minimum absolute atomic E-state index is 0.130. The van der Waals surface area contributed by atoms with Crippen LogP contribution in [0.3, 0.4) is 0 Å². The van der Waals surface area contributed by atoms with E-state index >= 15 is 0 Å². The van der Waals surface area contributed by atoms with E-state index in [1.165, 1.54) is 0 Å². The molecule has 0 aromatic heterocycles. The second-order valence-corrected chi connectivity index (χ2v) is 2.91. The van der Waals surface area contributed by atoms with Gasteiger partial charge in [-0.25, -0.2) is 0 Å². The Kier molecular flexibility index (Phi) is 1.98. The van der Waals surface area contributed by atoms with Gasteiger partial charge in [0.25, 0.3) is 0 Å². The van der Waals surface area contributed by atoms with Crippen LogP contribution in [0.4, 0.5) is 0 Å². The lowest BCUT2D eigenvalue weighted by Crippen LogP contribution is -2.82. The average Bonchev–Trinajstić information content (AvgIpc) is 2.58. The molecule has 0 unspecified atom stereocenters. The monoisotopic (exact) mass is 166 g/mol. The van der Waals surface area contributed by atoms with Crippen molar-refractivity contribution in [2.24, 2.45) is 0 Å². The van der Waals surface area contributed by atoms with Crippen molar-refractivity contribution in [2.75, 3.05) is 13.2 Å². The second kappa shape index (κ2) is 3.13. The molecule has 0 radical (unpaired) electrons. The second-order valence-electron chi connectivity index (χ2n) is 2.91. The molecule has 1 saturated heterocycles. The zero-order valence-electron chi connectivity index (χ0n) is 6.73. The summed E-state index contributed by atoms with van der Waals surface area (Å²) in [5.41, 5.74) is 1.12. The number of ether oxygens (including phenoxy) is 1. The fourth-order valence-electron chi connectivity index (χ4n) is 1.38. The van der Waals surface area contributed by atoms with Crippen LogP contribution in [-0.2, 0) is 4.74 Å². The normalized spacial score (nSPS) is 22.8. The Bertz CT molecular complexity index is 252. The zero-order chi connectivity index (χ0) is 8.39. The number of hydrogen-bond donors (Lipinski definition) is 2. The molecule has 1 aromatic carbocycles. The standard InChI is InChI=1S/C9H11NO2/c11-8-3-1-7(2-4-8)9-10-5-6-12-9/h1-4,9-11H,5-6H2/p+1/t9-/m1/s1. The number of nitrogens with two attached hydrogens (primary N) is 1. The lowest BCUT2D eigenvalue weighted by atomic mass is 10.2. The van der Waals surface area contributed by atoms with Gasteiger partial charge in [0.15, 0.2) is 0 Å². The van der Waals surface area contributed by atoms with Gasteiger partial charge in [-0.15, -0.1) is 0 Å². The van der Waals surface area contributed by atoms with E-state index in [1.54, 1.807) is 12.1 Å². The van der Waals surface area contributed by atoms with E-state index in [4.69, 9.17) is 9.84 Å². The highest BCUT2D eigenvalue weighted by Gasteiger charge is 2.20. The Hall–Kier alpha value is -1.06. The molecule has 64 valence electrons. The lowest BCUT2D eigenvalue weighted by Gasteiger charge is -2.05. The fraction of sp³-hybridized carbons (Fsp3) is 0.333. The first kappa shape index (κ1) is 7.58. The third kappa shape index (κ3) is 1.42. The van der Waals surface area contributed by atoms with Crippen molar-refractivity contribution >= 4 is 0 Å². The van der Waals surface area contributed by atoms with Crippen molar-refractivity contribution in [2.45, 2.75) is 6.23 Å². The van der Waals surface area contributed by atoms with Crippen LogP contribution in [0.15, 0.2) is 24.3 Å². The highest BCUT2D eigenvalue weighted by Crippen LogP contribution is 2.16. The summed E-state index contributed by atoms with van der Waals surface area (Å²) >= 11 is 0. The SMILES string of the molecule is Oc1ccc([C@@H]2[NH2+]CCO2)cc1. The van der Waals surface area contributed by atoms with Gasteiger partial charge in [-0.1, -0.05) is 0 Å². The third-order valence-corrected chi connectivity index (χ3v) is 2.02. The molecule has 1 atom stereocenters. The molecule has 0 spiro atoms. The number of rotatable bonds is 1. The van der Waals surface area contributed by atoms with Gasteiger partial charge in [-0.2, -0.15) is 0 Å². The van der Waals surface area contributed by atoms with Crippen LogP contribution in [-0.4, -0.2) is 18.3 Å². The van der Waals surface area contributed by atoms with Crippen LogP contribution in [0.5, 0.6) is 5.75 Å². The van der Waals surface area contributed by atoms with Gasteiger partial charge in [-0.3, -0.25) is 0 Å². The van der Waals surface area contributed by atoms with Crippen molar-refractivity contribution in [1.82, 2.24) is 0 Å². The van der Waals surface area contributed by atoms with E-state index in [9.17, 15) is 0 Å². The van der Waals surface area contributed by atoms with E-state index in [1.807, 2.05) is 12.1 Å². The van der Waals surface area contributed by atoms with Gasteiger partial charge >= 0.3 is 0 Å². The highest BCUT2D eigenvalue weighted by molar-refractivity contribution is 5.26. The number of benzene rings is 1. The van der Waals surface area contributed by atoms with E-state index < -0.39 is 0 Å². The lowest BCUT2D eigenvalue weighted by molar-refractivity contribution is -0.697. The first-order valence-corrected chi connectivity index (χ1v) is 4.10. The minimum atomic E-state index is 0.130. The molecule has 1 aliphatic heterocycles. The summed E-state index contributed by atoms with van der Waals surface area (Å²) in [5, 5.41) is 11.2. The highest BCUT2D eigenvalue weighted by atomic mass is 16.5. The first-order valence-electron chi connectivity index (χ1n) is 4.10. The molecule has 1 fully saturated rings. The van der Waals surface area contributed by atoms with Crippen molar-refractivity contribution in [3.63, 3.8) is 0 Å². The van der Waals surface area contributed by atoms with Crippen LogP contribution in [0, 0.1) is 0 Å². The zero-order valence-corrected chi connectivity index (χ0v) is 6.73. The van der Waals surface area contributed by atoms with E-state index in [2.05, 4.69) is 5.32 Å². The summed E-state index contributed by atoms with van der Waals surface area (Å²) in [6.07, 6.45) is 0.130. The molecule has 0 aliphatic carbocycles. The fourth-order valence-corrected chi connectivity index (χ4v) is 1.38. The Morgan fingerprint density at radius 2 is 2.08 bits per heavy atom. The number of phenols is 1. The van der Waals surface area contributed by atoms with E-state index in [0.717, 1.165) is 18.7 Å². The smallest absolute Gasteiger partial charge is 0.217 e. The van der Waals surface area contributed by atoms with Gasteiger partial charge in [0.1, 0.15) is 18.9 Å². The summed E-state index contributed by atoms with van der Waals surface area (Å²) in [6.45, 7) is 1.83. The van der Waals surface area contributed by atoms with Gasteiger partial charge in [0, 0.05) is 5.56 Å². The van der Waals surface area contributed by atoms with Gasteiger partial charge in [0.2, 0.25) is 6.23 Å². The largest absolute Gasteiger partial charge is 0.508 e. The Labute approximate surface area is 71.0 Å². The van der Waals surface area contributed by atoms with Crippen LogP contribution in [0.1, 0.15) is 11.8 Å². The topological polar surface area (TPSA) is 46.1 Å². The number of aromatic hydroxyl groups is 1. The Morgan fingerprint density at radius 1 is 1.33 bits per heavy atom. The van der Waals surface area contributed by atoms with Gasteiger partial charge in [-0.05, 0) is 24.3 Å². The average molecular weight is 166 g/mol. The maximum Gasteiger partial charge on any atom is 0.217 e. The molecule has 2 rings (SSSR count). The van der Waals surface area contributed by atoms with E-state index in [0.29, 0.717) is 5.75 Å². The molecule has 1 aromatic rings. The molecule has 3 N–H and O–H groups in total. The van der Waals surface area contributed by atoms with Crippen LogP contribution in [0.2, 0.25) is 0 Å². The number of quaternary nitrogens is 1. The maximum atomic E-state index is 9.05. The summed E-state index contributed by atoms with van der Waals surface area (Å²) in [6, 6.07) is 7.15. The van der Waals surface area contributed by atoms with Crippen molar-refractivity contribution in [3.05, 3.63) is 29.8 Å². The molecule has 1 aliphatic rings. The number of phenolic OH excluding ortho intramolecular Hbond substituents is 1. The molecular formula is C9H12NO2+.